The third-order valence-electron chi connectivity index (χ3n) is 0. The zero-order chi connectivity index (χ0) is 2.71. The number of thiol groups is 1. The first-order chi connectivity index (χ1) is 1.41. The van der Waals surface area contributed by atoms with Gasteiger partial charge in [0.25, 0.3) is 0 Å². The van der Waals surface area contributed by atoms with Gasteiger partial charge in [0.15, 0.2) is 0 Å². The topological polar surface area (TPSA) is 23.8 Å². The van der Waals surface area contributed by atoms with E-state index in [9.17, 15) is 0 Å². The molecule has 1 nitrogen and oxygen atoms in total. The van der Waals surface area contributed by atoms with Crippen LogP contribution in [-0.4, -0.2) is 51.4 Å². The monoisotopic (exact) mass is 301 g/mol. The first kappa shape index (κ1) is 15.7. The van der Waals surface area contributed by atoms with E-state index in [2.05, 4.69) is 12.6 Å². The van der Waals surface area contributed by atoms with Crippen molar-refractivity contribution in [3.63, 3.8) is 0 Å². The predicted octanol–water partition coefficient (Wildman–Crippen LogP) is -0.254. The van der Waals surface area contributed by atoms with E-state index in [1.165, 1.54) is 5.40 Å². The van der Waals surface area contributed by atoms with E-state index >= 15 is 0 Å². The predicted molar refractivity (Wildman–Crippen MR) is 21.7 cm³/mol. The van der Waals surface area contributed by atoms with E-state index in [1.807, 2.05) is 0 Å². The molecule has 4 heteroatoms. The second-order valence-electron chi connectivity index (χ2n) is 0.100. The fourth-order valence-corrected chi connectivity index (χ4v) is 0. The Morgan fingerprint density at radius 1 is 1.60 bits per heavy atom. The van der Waals surface area contributed by atoms with E-state index in [-0.39, 0.29) is 79.1 Å². The molecule has 0 aliphatic rings. The summed E-state index contributed by atoms with van der Waals surface area (Å²) in [5.41, 5.74) is 0. The van der Waals surface area contributed by atoms with E-state index in [0.717, 1.165) is 0 Å². The van der Waals surface area contributed by atoms with Crippen LogP contribution in [0.25, 0.3) is 0 Å². The van der Waals surface area contributed by atoms with Crippen molar-refractivity contribution >= 4 is 64.0 Å². The number of nitrogens with zero attached hydrogens (tertiary/aromatic N) is 1. The molecule has 0 radical (unpaired) electrons. The molecule has 0 saturated heterocycles. The van der Waals surface area contributed by atoms with Crippen LogP contribution >= 0.6 is 12.6 Å². The van der Waals surface area contributed by atoms with Crippen LogP contribution < -0.4 is 0 Å². The van der Waals surface area contributed by atoms with E-state index in [1.54, 1.807) is 0 Å². The first-order valence-electron chi connectivity index (χ1n) is 0.447. The average Bonchev–Trinajstić information content (AvgIpc) is 0.918. The van der Waals surface area contributed by atoms with Gasteiger partial charge < -0.3 is 0 Å². The summed E-state index contributed by atoms with van der Waals surface area (Å²) in [6.45, 7) is 0. The van der Waals surface area contributed by atoms with Crippen molar-refractivity contribution in [2.75, 3.05) is 0 Å². The van der Waals surface area contributed by atoms with Crippen molar-refractivity contribution in [2.24, 2.45) is 0 Å². The van der Waals surface area contributed by atoms with Gasteiger partial charge in [-0.15, -0.1) is 0 Å². The number of hydrogen-bond donors (Lipinski definition) is 1. The van der Waals surface area contributed by atoms with Gasteiger partial charge in [-0.1, -0.05) is 12.6 Å². The van der Waals surface area contributed by atoms with Gasteiger partial charge in [0.1, 0.15) is 5.40 Å². The minimum atomic E-state index is 0. The second-order valence-corrected chi connectivity index (χ2v) is 0.300. The minimum absolute atomic E-state index is 0. The van der Waals surface area contributed by atoms with Crippen LogP contribution in [0.15, 0.2) is 0 Å². The van der Waals surface area contributed by atoms with Crippen molar-refractivity contribution in [3.8, 4) is 5.40 Å². The van der Waals surface area contributed by atoms with Crippen LogP contribution in [0, 0.1) is 10.7 Å². The second kappa shape index (κ2) is 16.1. The molecule has 0 rings (SSSR count). The molecule has 0 atom stereocenters. The summed E-state index contributed by atoms with van der Waals surface area (Å²) in [7, 11) is 0. The third kappa shape index (κ3) is 21.5. The average molecular weight is 300 g/mol. The zero-order valence-electron chi connectivity index (χ0n) is 2.10. The molecule has 0 unspecified atom stereocenters. The zero-order valence-corrected chi connectivity index (χ0v) is 8.49. The Morgan fingerprint density at radius 3 is 1.60 bits per heavy atom. The van der Waals surface area contributed by atoms with Crippen LogP contribution in [0.1, 0.15) is 0 Å². The fraction of sp³-hybridized carbons (Fsp3) is 0. The molecule has 0 bridgehead atoms. The maximum atomic E-state index is 7.18. The van der Waals surface area contributed by atoms with Gasteiger partial charge in [0, 0.05) is 27.7 Å². The molecule has 0 aliphatic carbocycles. The molecule has 0 saturated carbocycles. The van der Waals surface area contributed by atoms with Crippen LogP contribution in [0.5, 0.6) is 0 Å². The molecular formula is CH2HgKNS. The molecule has 0 fully saturated rings. The summed E-state index contributed by atoms with van der Waals surface area (Å²) in [6, 6.07) is 0. The summed E-state index contributed by atoms with van der Waals surface area (Å²) in [5, 5.41) is 8.63. The number of hydrogen-bond acceptors (Lipinski definition) is 2. The standard InChI is InChI=1S/CHNS.Hg.K.H/c2-1-3;;;/h3H;;;. The van der Waals surface area contributed by atoms with Crippen molar-refractivity contribution in [1.29, 1.82) is 5.26 Å². The quantitative estimate of drug-likeness (QED) is 0.372. The van der Waals surface area contributed by atoms with Gasteiger partial charge in [0.2, 0.25) is 0 Å². The van der Waals surface area contributed by atoms with Crippen molar-refractivity contribution < 1.29 is 27.7 Å². The van der Waals surface area contributed by atoms with Gasteiger partial charge in [-0.2, -0.15) is 5.26 Å². The van der Waals surface area contributed by atoms with E-state index in [0.29, 0.717) is 0 Å². The van der Waals surface area contributed by atoms with E-state index in [4.69, 9.17) is 5.26 Å². The molecule has 0 heterocycles. The molecule has 0 N–H and O–H groups in total. The Balaban J connectivity index is -0.0000000200. The molecule has 0 aromatic heterocycles. The number of rotatable bonds is 0. The molecule has 5 heavy (non-hydrogen) atoms. The normalized spacial score (nSPS) is 1.60. The van der Waals surface area contributed by atoms with Crippen molar-refractivity contribution in [2.45, 2.75) is 0 Å². The van der Waals surface area contributed by atoms with Gasteiger partial charge in [0.05, 0.1) is 0 Å². The van der Waals surface area contributed by atoms with Gasteiger partial charge in [-0.3, -0.25) is 0 Å². The van der Waals surface area contributed by atoms with Crippen LogP contribution in [0.4, 0.5) is 0 Å². The van der Waals surface area contributed by atoms with Crippen molar-refractivity contribution in [1.82, 2.24) is 0 Å². The maximum absolute atomic E-state index is 7.18. The Hall–Kier alpha value is 2.41. The fourth-order valence-electron chi connectivity index (χ4n) is 0. The first-order valence-corrected chi connectivity index (χ1v) is 0.894. The molecule has 0 aromatic rings. The molecular weight excluding hydrogens is 298 g/mol. The van der Waals surface area contributed by atoms with Crippen LogP contribution in [0.2, 0.25) is 0 Å². The van der Waals surface area contributed by atoms with Crippen LogP contribution in [-0.2, 0) is 27.7 Å². The summed E-state index contributed by atoms with van der Waals surface area (Å²) in [6.07, 6.45) is 0. The summed E-state index contributed by atoms with van der Waals surface area (Å²) in [5.74, 6) is 0. The Bertz CT molecular complexity index is 33.1. The van der Waals surface area contributed by atoms with Gasteiger partial charge >= 0.3 is 51.4 Å². The molecule has 0 spiro atoms. The molecule has 0 amide bonds. The van der Waals surface area contributed by atoms with Crippen molar-refractivity contribution in [3.05, 3.63) is 0 Å². The van der Waals surface area contributed by atoms with E-state index < -0.39 is 0 Å². The Morgan fingerprint density at radius 2 is 1.60 bits per heavy atom. The third-order valence-corrected chi connectivity index (χ3v) is 0. The number of nitriles is 1. The Kier molecular flexibility index (Phi) is 50.5. The SMILES string of the molecule is N#CS.[Hg].[KH]. The molecule has 0 aliphatic heterocycles. The summed E-state index contributed by atoms with van der Waals surface area (Å²) < 4.78 is 0. The van der Waals surface area contributed by atoms with Crippen LogP contribution in [0.3, 0.4) is 0 Å². The van der Waals surface area contributed by atoms with Gasteiger partial charge in [-0.25, -0.2) is 0 Å². The summed E-state index contributed by atoms with van der Waals surface area (Å²) in [4.78, 5) is 0. The van der Waals surface area contributed by atoms with Gasteiger partial charge in [-0.05, 0) is 0 Å². The Labute approximate surface area is 99.8 Å². The molecule has 20 valence electrons. The summed E-state index contributed by atoms with van der Waals surface area (Å²) >= 11 is 3.09. The molecule has 0 aromatic carbocycles. The number of thiocyanates is 1.